The first-order chi connectivity index (χ1) is 13.7. The number of nitrogens with zero attached hydrogens (tertiary/aromatic N) is 1. The third kappa shape index (κ3) is 4.70. The molecule has 0 saturated heterocycles. The molecule has 1 fully saturated rings. The number of aromatic hydroxyl groups is 1. The molecule has 6 heteroatoms. The molecule has 2 N–H and O–H groups in total. The highest BCUT2D eigenvalue weighted by Crippen LogP contribution is 2.47. The largest absolute Gasteiger partial charge is 0.502 e. The van der Waals surface area contributed by atoms with Crippen LogP contribution in [0.3, 0.4) is 0 Å². The molecule has 0 aliphatic heterocycles. The van der Waals surface area contributed by atoms with E-state index in [1.54, 1.807) is 12.1 Å². The van der Waals surface area contributed by atoms with Gasteiger partial charge in [-0.3, -0.25) is 4.79 Å². The summed E-state index contributed by atoms with van der Waals surface area (Å²) in [4.78, 5) is 12.4. The van der Waals surface area contributed by atoms with E-state index in [9.17, 15) is 9.90 Å². The lowest BCUT2D eigenvalue weighted by atomic mass is 9.86. The fraction of sp³-hybridized carbons (Fsp3) is 0.391. The Morgan fingerprint density at radius 3 is 2.24 bits per heavy atom. The number of carbonyl (C=O) groups excluding carboxylic acids is 1. The normalized spacial score (nSPS) is 18.5. The average Bonchev–Trinajstić information content (AvgIpc) is 3.49. The Bertz CT molecular complexity index is 888. The van der Waals surface area contributed by atoms with Crippen LogP contribution in [-0.4, -0.2) is 31.4 Å². The van der Waals surface area contributed by atoms with E-state index in [0.717, 1.165) is 6.42 Å². The van der Waals surface area contributed by atoms with Crippen LogP contribution in [0.4, 0.5) is 0 Å². The van der Waals surface area contributed by atoms with Gasteiger partial charge in [0.25, 0.3) is 0 Å². The van der Waals surface area contributed by atoms with E-state index < -0.39 is 0 Å². The summed E-state index contributed by atoms with van der Waals surface area (Å²) in [6.45, 7) is 6.56. The SMILES string of the molecule is COc1cc(C=NNC(=O)C2CC2c2ccc(C(C)(C)C)cc2)cc(OC)c1O. The Balaban J connectivity index is 1.60. The van der Waals surface area contributed by atoms with Crippen molar-refractivity contribution in [2.24, 2.45) is 11.0 Å². The summed E-state index contributed by atoms with van der Waals surface area (Å²) < 4.78 is 10.2. The van der Waals surface area contributed by atoms with E-state index in [-0.39, 0.29) is 40.4 Å². The van der Waals surface area contributed by atoms with Crippen LogP contribution in [0.5, 0.6) is 17.2 Å². The highest BCUT2D eigenvalue weighted by Gasteiger charge is 2.44. The zero-order chi connectivity index (χ0) is 21.2. The van der Waals surface area contributed by atoms with Crippen LogP contribution in [0.25, 0.3) is 0 Å². The molecule has 154 valence electrons. The lowest BCUT2D eigenvalue weighted by Crippen LogP contribution is -2.20. The van der Waals surface area contributed by atoms with E-state index >= 15 is 0 Å². The summed E-state index contributed by atoms with van der Waals surface area (Å²) in [5, 5.41) is 14.0. The number of phenols is 1. The Labute approximate surface area is 171 Å². The first-order valence-electron chi connectivity index (χ1n) is 9.63. The van der Waals surface area contributed by atoms with Gasteiger partial charge in [-0.15, -0.1) is 0 Å². The number of methoxy groups -OCH3 is 2. The van der Waals surface area contributed by atoms with E-state index in [4.69, 9.17) is 9.47 Å². The highest BCUT2D eigenvalue weighted by atomic mass is 16.5. The number of hydrogen-bond donors (Lipinski definition) is 2. The van der Waals surface area contributed by atoms with Crippen LogP contribution < -0.4 is 14.9 Å². The summed E-state index contributed by atoms with van der Waals surface area (Å²) in [6, 6.07) is 11.8. The second kappa shape index (κ2) is 8.15. The van der Waals surface area contributed by atoms with Gasteiger partial charge >= 0.3 is 0 Å². The van der Waals surface area contributed by atoms with Crippen molar-refractivity contribution in [1.82, 2.24) is 5.43 Å². The molecule has 1 amide bonds. The third-order valence-electron chi connectivity index (χ3n) is 5.22. The molecule has 0 spiro atoms. The second-order valence-corrected chi connectivity index (χ2v) is 8.33. The maximum absolute atomic E-state index is 12.4. The molecule has 1 aliphatic rings. The molecule has 2 unspecified atom stereocenters. The number of carbonyl (C=O) groups is 1. The van der Waals surface area contributed by atoms with Crippen LogP contribution in [0.1, 0.15) is 49.8 Å². The molecular formula is C23H28N2O4. The van der Waals surface area contributed by atoms with Gasteiger partial charge in [0.1, 0.15) is 0 Å². The number of ether oxygens (including phenoxy) is 2. The molecule has 3 rings (SSSR count). The molecule has 6 nitrogen and oxygen atoms in total. The number of rotatable bonds is 6. The summed E-state index contributed by atoms with van der Waals surface area (Å²) in [6.07, 6.45) is 2.33. The second-order valence-electron chi connectivity index (χ2n) is 8.33. The van der Waals surface area contributed by atoms with Crippen LogP contribution in [-0.2, 0) is 10.2 Å². The number of phenolic OH excluding ortho intramolecular Hbond substituents is 1. The first-order valence-corrected chi connectivity index (χ1v) is 9.63. The molecule has 2 atom stereocenters. The quantitative estimate of drug-likeness (QED) is 0.572. The van der Waals surface area contributed by atoms with Crippen LogP contribution in [0.2, 0.25) is 0 Å². The molecule has 1 aliphatic carbocycles. The van der Waals surface area contributed by atoms with Crippen LogP contribution >= 0.6 is 0 Å². The molecule has 2 aromatic rings. The van der Waals surface area contributed by atoms with Gasteiger partial charge in [0, 0.05) is 11.5 Å². The van der Waals surface area contributed by atoms with Gasteiger partial charge in [0.05, 0.1) is 20.4 Å². The Hall–Kier alpha value is -3.02. The zero-order valence-corrected chi connectivity index (χ0v) is 17.5. The minimum absolute atomic E-state index is 0.0588. The highest BCUT2D eigenvalue weighted by molar-refractivity contribution is 5.86. The van der Waals surface area contributed by atoms with Gasteiger partial charge < -0.3 is 14.6 Å². The average molecular weight is 396 g/mol. The molecule has 0 heterocycles. The van der Waals surface area contributed by atoms with Gasteiger partial charge in [-0.05, 0) is 41.0 Å². The van der Waals surface area contributed by atoms with Crippen molar-refractivity contribution in [2.45, 2.75) is 38.5 Å². The Morgan fingerprint density at radius 1 is 1.14 bits per heavy atom. The maximum Gasteiger partial charge on any atom is 0.243 e. The Kier molecular flexibility index (Phi) is 5.82. The molecule has 2 aromatic carbocycles. The topological polar surface area (TPSA) is 80.2 Å². The minimum Gasteiger partial charge on any atom is -0.502 e. The van der Waals surface area contributed by atoms with Gasteiger partial charge in [-0.1, -0.05) is 45.0 Å². The number of nitrogens with one attached hydrogen (secondary N) is 1. The van der Waals surface area contributed by atoms with Crippen molar-refractivity contribution in [3.63, 3.8) is 0 Å². The van der Waals surface area contributed by atoms with Gasteiger partial charge in [-0.2, -0.15) is 5.10 Å². The number of amides is 1. The summed E-state index contributed by atoms with van der Waals surface area (Å²) in [7, 11) is 2.91. The lowest BCUT2D eigenvalue weighted by Gasteiger charge is -2.19. The fourth-order valence-corrected chi connectivity index (χ4v) is 3.33. The molecule has 0 aromatic heterocycles. The first kappa shape index (κ1) is 20.7. The van der Waals surface area contributed by atoms with Crippen LogP contribution in [0, 0.1) is 5.92 Å². The monoisotopic (exact) mass is 396 g/mol. The van der Waals surface area contributed by atoms with Crippen molar-refractivity contribution in [3.05, 3.63) is 53.1 Å². The molecule has 1 saturated carbocycles. The minimum atomic E-state index is -0.0937. The molecule has 29 heavy (non-hydrogen) atoms. The summed E-state index contributed by atoms with van der Waals surface area (Å²) in [5.41, 5.74) is 5.84. The predicted octanol–water partition coefficient (Wildman–Crippen LogP) is 3.96. The number of hydrogen-bond acceptors (Lipinski definition) is 5. The fourth-order valence-electron chi connectivity index (χ4n) is 3.33. The number of hydrazone groups is 1. The van der Waals surface area contributed by atoms with Gasteiger partial charge in [0.2, 0.25) is 11.7 Å². The molecular weight excluding hydrogens is 368 g/mol. The van der Waals surface area contributed by atoms with Crippen molar-refractivity contribution >= 4 is 12.1 Å². The maximum atomic E-state index is 12.4. The standard InChI is InChI=1S/C23H28N2O4/c1-23(2,3)16-8-6-15(7-9-16)17-12-18(17)22(27)25-24-13-14-10-19(28-4)21(26)20(11-14)29-5/h6-11,13,17-18,26H,12H2,1-5H3,(H,25,27). The zero-order valence-electron chi connectivity index (χ0n) is 17.5. The Morgan fingerprint density at radius 2 is 1.72 bits per heavy atom. The summed E-state index contributed by atoms with van der Waals surface area (Å²) >= 11 is 0. The van der Waals surface area contributed by atoms with E-state index in [1.807, 2.05) is 0 Å². The smallest absolute Gasteiger partial charge is 0.243 e. The van der Waals surface area contributed by atoms with E-state index in [2.05, 4.69) is 55.6 Å². The summed E-state index contributed by atoms with van der Waals surface area (Å²) in [5.74, 6) is 0.569. The van der Waals surface area contributed by atoms with Crippen molar-refractivity contribution < 1.29 is 19.4 Å². The van der Waals surface area contributed by atoms with E-state index in [0.29, 0.717) is 5.56 Å². The predicted molar refractivity (Wildman–Crippen MR) is 113 cm³/mol. The van der Waals surface area contributed by atoms with Crippen molar-refractivity contribution in [1.29, 1.82) is 0 Å². The molecule has 0 bridgehead atoms. The van der Waals surface area contributed by atoms with E-state index in [1.165, 1.54) is 31.6 Å². The van der Waals surface area contributed by atoms with Crippen LogP contribution in [0.15, 0.2) is 41.5 Å². The van der Waals surface area contributed by atoms with Gasteiger partial charge in [0.15, 0.2) is 11.5 Å². The number of benzene rings is 2. The van der Waals surface area contributed by atoms with Crippen molar-refractivity contribution in [2.75, 3.05) is 14.2 Å². The van der Waals surface area contributed by atoms with Gasteiger partial charge in [-0.25, -0.2) is 5.43 Å². The molecule has 0 radical (unpaired) electrons. The lowest BCUT2D eigenvalue weighted by molar-refractivity contribution is -0.122. The third-order valence-corrected chi connectivity index (χ3v) is 5.22. The van der Waals surface area contributed by atoms with Crippen molar-refractivity contribution in [3.8, 4) is 17.2 Å².